The Bertz CT molecular complexity index is 1690. The van der Waals surface area contributed by atoms with Gasteiger partial charge in [-0.15, -0.1) is 47.6 Å². The number of fused-ring (bicyclic) bond motifs is 1. The third-order valence-electron chi connectivity index (χ3n) is 7.79. The number of nitrogens with zero attached hydrogens (tertiary/aromatic N) is 4. The fourth-order valence-corrected chi connectivity index (χ4v) is 5.15. The minimum absolute atomic E-state index is 0. The van der Waals surface area contributed by atoms with Crippen LogP contribution in [0.1, 0.15) is 51.3 Å². The Hall–Kier alpha value is -3.82. The predicted octanol–water partition coefficient (Wildman–Crippen LogP) is 8.59. The third-order valence-corrected chi connectivity index (χ3v) is 7.79. The molecule has 1 aliphatic heterocycles. The van der Waals surface area contributed by atoms with Crippen molar-refractivity contribution in [2.45, 2.75) is 45.4 Å². The van der Waals surface area contributed by atoms with Crippen LogP contribution in [0.2, 0.25) is 0 Å². The Morgan fingerprint density at radius 2 is 1.40 bits per heavy atom. The Labute approximate surface area is 264 Å². The van der Waals surface area contributed by atoms with Gasteiger partial charge in [0.15, 0.2) is 0 Å². The van der Waals surface area contributed by atoms with Gasteiger partial charge in [0.2, 0.25) is 0 Å². The van der Waals surface area contributed by atoms with E-state index in [4.69, 9.17) is 9.84 Å². The van der Waals surface area contributed by atoms with Crippen LogP contribution in [-0.2, 0) is 31.9 Å². The molecule has 0 radical (unpaired) electrons. The molecule has 1 aromatic heterocycles. The first-order chi connectivity index (χ1) is 19.6. The normalized spacial score (nSPS) is 13.1. The summed E-state index contributed by atoms with van der Waals surface area (Å²) in [5.41, 5.74) is 7.25. The summed E-state index contributed by atoms with van der Waals surface area (Å²) in [7, 11) is 2.05. The molecule has 5 nitrogen and oxygen atoms in total. The van der Waals surface area contributed by atoms with E-state index >= 15 is 0 Å². The maximum Gasteiger partial charge on any atom is 0.0534 e. The van der Waals surface area contributed by atoms with Crippen molar-refractivity contribution >= 4 is 17.1 Å². The maximum absolute atomic E-state index is 6.43. The molecule has 0 bridgehead atoms. The predicted molar refractivity (Wildman–Crippen MR) is 166 cm³/mol. The van der Waals surface area contributed by atoms with Crippen LogP contribution in [-0.4, -0.2) is 16.8 Å². The minimum atomic E-state index is -0.185. The van der Waals surface area contributed by atoms with Crippen LogP contribution in [0, 0.1) is 18.8 Å². The van der Waals surface area contributed by atoms with Gasteiger partial charge in [-0.25, -0.2) is 0 Å². The number of ether oxygens (including phenoxy) is 1. The van der Waals surface area contributed by atoms with Gasteiger partial charge in [0.1, 0.15) is 0 Å². The van der Waals surface area contributed by atoms with Crippen molar-refractivity contribution in [2.24, 2.45) is 0 Å². The fourth-order valence-electron chi connectivity index (χ4n) is 5.15. The summed E-state index contributed by atoms with van der Waals surface area (Å²) in [5.74, 6) is 1.26. The zero-order chi connectivity index (χ0) is 28.8. The zero-order valence-corrected chi connectivity index (χ0v) is 27.1. The van der Waals surface area contributed by atoms with E-state index in [-0.39, 0.29) is 31.9 Å². The number of anilines is 3. The number of hydrogen-bond donors (Lipinski definition) is 0. The number of para-hydroxylation sites is 2. The van der Waals surface area contributed by atoms with Crippen molar-refractivity contribution in [3.05, 3.63) is 133 Å². The summed E-state index contributed by atoms with van der Waals surface area (Å²) in [6.07, 6.45) is 4.04. The van der Waals surface area contributed by atoms with Gasteiger partial charge in [0, 0.05) is 61.1 Å². The van der Waals surface area contributed by atoms with E-state index in [2.05, 4.69) is 137 Å². The molecule has 218 valence electrons. The van der Waals surface area contributed by atoms with E-state index in [1.165, 1.54) is 5.56 Å². The molecular weight excluding hydrogens is 700 g/mol. The molecule has 42 heavy (non-hydrogen) atoms. The SMILES string of the molecule is CN1[CH-]N(c2[c-]c(Oc3[c-]c(-n4cc(C(C)(C)c5ccccc5)cn4)cc(C(C)(C)C)c3)ccc2)c2ccccc21.[Pt]. The van der Waals surface area contributed by atoms with Crippen molar-refractivity contribution in [3.8, 4) is 17.2 Å². The molecule has 5 aromatic rings. The van der Waals surface area contributed by atoms with Crippen LogP contribution in [0.15, 0.2) is 97.3 Å². The Morgan fingerprint density at radius 3 is 2.14 bits per heavy atom. The van der Waals surface area contributed by atoms with Gasteiger partial charge < -0.3 is 14.5 Å². The van der Waals surface area contributed by atoms with Gasteiger partial charge in [0.05, 0.1) is 6.20 Å². The average molecular weight is 735 g/mol. The molecule has 0 atom stereocenters. The average Bonchev–Trinajstić information content (AvgIpc) is 3.59. The quantitative estimate of drug-likeness (QED) is 0.164. The molecule has 0 N–H and O–H groups in total. The van der Waals surface area contributed by atoms with Gasteiger partial charge in [0.25, 0.3) is 0 Å². The van der Waals surface area contributed by atoms with Crippen LogP contribution in [0.3, 0.4) is 0 Å². The van der Waals surface area contributed by atoms with Crippen molar-refractivity contribution in [1.29, 1.82) is 0 Å². The fraction of sp³-hybridized carbons (Fsp3) is 0.222. The van der Waals surface area contributed by atoms with Crippen LogP contribution < -0.4 is 14.5 Å². The molecule has 2 heterocycles. The first-order valence-corrected chi connectivity index (χ1v) is 13.9. The van der Waals surface area contributed by atoms with Gasteiger partial charge in [-0.3, -0.25) is 4.68 Å². The van der Waals surface area contributed by atoms with Crippen LogP contribution in [0.5, 0.6) is 11.5 Å². The van der Waals surface area contributed by atoms with E-state index in [0.29, 0.717) is 11.5 Å². The van der Waals surface area contributed by atoms with Crippen LogP contribution in [0.25, 0.3) is 5.69 Å². The van der Waals surface area contributed by atoms with Crippen molar-refractivity contribution in [2.75, 3.05) is 16.8 Å². The van der Waals surface area contributed by atoms with Crippen molar-refractivity contribution < 1.29 is 25.8 Å². The van der Waals surface area contributed by atoms with E-state index in [0.717, 1.165) is 33.9 Å². The molecule has 1 aliphatic rings. The number of benzene rings is 4. The number of rotatable bonds is 6. The molecule has 0 saturated heterocycles. The molecular formula is C36H35N4OPt-3. The summed E-state index contributed by atoms with van der Waals surface area (Å²) < 4.78 is 8.33. The summed E-state index contributed by atoms with van der Waals surface area (Å²) in [6.45, 7) is 13.1. The van der Waals surface area contributed by atoms with E-state index in [1.54, 1.807) is 0 Å². The van der Waals surface area contributed by atoms with Crippen LogP contribution in [0.4, 0.5) is 17.1 Å². The number of aromatic nitrogens is 2. The van der Waals surface area contributed by atoms with Crippen molar-refractivity contribution in [1.82, 2.24) is 9.78 Å². The largest absolute Gasteiger partial charge is 0.509 e. The monoisotopic (exact) mass is 734 g/mol. The van der Waals surface area contributed by atoms with Gasteiger partial charge in [-0.2, -0.15) is 17.8 Å². The van der Waals surface area contributed by atoms with Crippen LogP contribution >= 0.6 is 0 Å². The molecule has 0 unspecified atom stereocenters. The topological polar surface area (TPSA) is 33.5 Å². The summed E-state index contributed by atoms with van der Waals surface area (Å²) >= 11 is 0. The summed E-state index contributed by atoms with van der Waals surface area (Å²) in [6, 6.07) is 36.0. The second-order valence-electron chi connectivity index (χ2n) is 12.1. The van der Waals surface area contributed by atoms with E-state index < -0.39 is 0 Å². The maximum atomic E-state index is 6.43. The summed E-state index contributed by atoms with van der Waals surface area (Å²) in [5, 5.41) is 4.75. The van der Waals surface area contributed by atoms with E-state index in [1.807, 2.05) is 35.1 Å². The second-order valence-corrected chi connectivity index (χ2v) is 12.1. The zero-order valence-electron chi connectivity index (χ0n) is 24.8. The molecule has 6 rings (SSSR count). The van der Waals surface area contributed by atoms with Gasteiger partial charge in [-0.1, -0.05) is 77.1 Å². The van der Waals surface area contributed by atoms with Crippen molar-refractivity contribution in [3.63, 3.8) is 0 Å². The molecule has 0 amide bonds. The number of hydrogen-bond acceptors (Lipinski definition) is 4. The Balaban J connectivity index is 0.00000353. The third kappa shape index (κ3) is 5.76. The second kappa shape index (κ2) is 11.5. The minimum Gasteiger partial charge on any atom is -0.509 e. The Morgan fingerprint density at radius 1 is 0.714 bits per heavy atom. The molecule has 0 saturated carbocycles. The standard InChI is InChI=1S/C36H35N4O.Pt/c1-35(2,3)27-19-30(40-24-28(23-37-40)36(4,5)26-13-8-7-9-14-26)22-32(20-27)41-31-16-12-15-29(21-31)39-25-38(6)33-17-10-11-18-34(33)39;/h7-20,23-25H,1-6H3;/q-3;. The molecule has 0 fully saturated rings. The van der Waals surface area contributed by atoms with Gasteiger partial charge in [-0.05, 0) is 35.8 Å². The first kappa shape index (κ1) is 29.7. The molecule has 0 aliphatic carbocycles. The first-order valence-electron chi connectivity index (χ1n) is 13.9. The molecule has 4 aromatic carbocycles. The molecule has 0 spiro atoms. The Kier molecular flexibility index (Phi) is 8.09. The smallest absolute Gasteiger partial charge is 0.0534 e. The molecule has 6 heteroatoms. The van der Waals surface area contributed by atoms with Gasteiger partial charge >= 0.3 is 0 Å². The summed E-state index contributed by atoms with van der Waals surface area (Å²) in [4.78, 5) is 4.24. The van der Waals surface area contributed by atoms with E-state index in [9.17, 15) is 0 Å².